The Morgan fingerprint density at radius 2 is 1.67 bits per heavy atom. The van der Waals surface area contributed by atoms with Crippen LogP contribution in [0.4, 0.5) is 8.78 Å². The molecule has 1 aromatic carbocycles. The number of ether oxygens (including phenoxy) is 1. The molecular weight excluding hydrogens is 224 g/mol. The normalized spacial score (nSPS) is 10.7. The third-order valence-electron chi connectivity index (χ3n) is 1.72. The van der Waals surface area contributed by atoms with E-state index in [1.165, 1.54) is 0 Å². The first-order valence-corrected chi connectivity index (χ1v) is 4.28. The average Bonchev–Trinajstić information content (AvgIpc) is 2.01. The van der Waals surface area contributed by atoms with Gasteiger partial charge >= 0.3 is 0 Å². The Balaban J connectivity index is 0.00000196. The lowest BCUT2D eigenvalue weighted by Gasteiger charge is -2.24. The maximum Gasteiger partial charge on any atom is 0.129 e. The van der Waals surface area contributed by atoms with Crippen LogP contribution >= 0.6 is 12.4 Å². The molecule has 0 spiro atoms. The molecule has 1 aromatic rings. The third kappa shape index (κ3) is 4.44. The van der Waals surface area contributed by atoms with Crippen LogP contribution in [0.5, 0.6) is 5.75 Å². The number of halogens is 3. The van der Waals surface area contributed by atoms with Crippen LogP contribution in [0, 0.1) is 11.6 Å². The Kier molecular flexibility index (Phi) is 4.97. The first-order chi connectivity index (χ1) is 6.43. The van der Waals surface area contributed by atoms with Crippen molar-refractivity contribution in [2.75, 3.05) is 6.54 Å². The molecule has 2 N–H and O–H groups in total. The molecule has 0 fully saturated rings. The first-order valence-electron chi connectivity index (χ1n) is 4.28. The van der Waals surface area contributed by atoms with Crippen molar-refractivity contribution in [2.45, 2.75) is 19.4 Å². The predicted octanol–water partition coefficient (Wildman–Crippen LogP) is 2.50. The summed E-state index contributed by atoms with van der Waals surface area (Å²) >= 11 is 0. The van der Waals surface area contributed by atoms with Gasteiger partial charge in [0.1, 0.15) is 23.0 Å². The van der Waals surface area contributed by atoms with Crippen molar-refractivity contribution in [3.8, 4) is 5.75 Å². The minimum absolute atomic E-state index is 0. The highest BCUT2D eigenvalue weighted by Crippen LogP contribution is 2.20. The van der Waals surface area contributed by atoms with Gasteiger partial charge in [-0.3, -0.25) is 0 Å². The average molecular weight is 238 g/mol. The summed E-state index contributed by atoms with van der Waals surface area (Å²) in [6, 6.07) is 3.04. The minimum atomic E-state index is -0.659. The van der Waals surface area contributed by atoms with Crippen molar-refractivity contribution < 1.29 is 13.5 Å². The van der Waals surface area contributed by atoms with Crippen LogP contribution < -0.4 is 10.5 Å². The maximum absolute atomic E-state index is 12.8. The highest BCUT2D eigenvalue weighted by Gasteiger charge is 2.17. The minimum Gasteiger partial charge on any atom is -0.486 e. The number of nitrogens with two attached hydrogens (primary N) is 1. The van der Waals surface area contributed by atoms with Gasteiger partial charge in [0, 0.05) is 24.7 Å². The van der Waals surface area contributed by atoms with E-state index in [4.69, 9.17) is 10.5 Å². The lowest BCUT2D eigenvalue weighted by Crippen LogP contribution is -2.37. The standard InChI is InChI=1S/C10H13F2NO.ClH/c1-10(2,6-13)14-9-4-7(11)3-8(12)5-9;/h3-5H,6,13H2,1-2H3;1H. The number of rotatable bonds is 3. The van der Waals surface area contributed by atoms with Crippen molar-refractivity contribution >= 4 is 12.4 Å². The fraction of sp³-hybridized carbons (Fsp3) is 0.400. The molecule has 0 aliphatic rings. The van der Waals surface area contributed by atoms with Gasteiger partial charge < -0.3 is 10.5 Å². The topological polar surface area (TPSA) is 35.2 Å². The fourth-order valence-corrected chi connectivity index (χ4v) is 0.948. The molecule has 0 radical (unpaired) electrons. The molecule has 1 rings (SSSR count). The molecule has 0 amide bonds. The Morgan fingerprint density at radius 3 is 2.07 bits per heavy atom. The molecule has 0 unspecified atom stereocenters. The van der Waals surface area contributed by atoms with Gasteiger partial charge in [-0.25, -0.2) is 8.78 Å². The van der Waals surface area contributed by atoms with Crippen molar-refractivity contribution in [3.05, 3.63) is 29.8 Å². The molecule has 0 bridgehead atoms. The third-order valence-corrected chi connectivity index (χ3v) is 1.72. The molecule has 0 aliphatic heterocycles. The van der Waals surface area contributed by atoms with E-state index in [1.807, 2.05) is 0 Å². The summed E-state index contributed by atoms with van der Waals surface area (Å²) in [5.74, 6) is -1.17. The van der Waals surface area contributed by atoms with Crippen molar-refractivity contribution in [1.82, 2.24) is 0 Å². The Bertz CT molecular complexity index is 311. The van der Waals surface area contributed by atoms with Gasteiger partial charge in [0.15, 0.2) is 0 Å². The van der Waals surface area contributed by atoms with E-state index < -0.39 is 17.2 Å². The second-order valence-electron chi connectivity index (χ2n) is 3.67. The molecule has 15 heavy (non-hydrogen) atoms. The highest BCUT2D eigenvalue weighted by atomic mass is 35.5. The second kappa shape index (κ2) is 5.28. The summed E-state index contributed by atoms with van der Waals surface area (Å²) in [5.41, 5.74) is 4.79. The molecule has 2 nitrogen and oxygen atoms in total. The molecule has 0 saturated heterocycles. The summed E-state index contributed by atoms with van der Waals surface area (Å²) in [5, 5.41) is 0. The summed E-state index contributed by atoms with van der Waals surface area (Å²) in [6.45, 7) is 3.76. The predicted molar refractivity (Wildman–Crippen MR) is 57.4 cm³/mol. The highest BCUT2D eigenvalue weighted by molar-refractivity contribution is 5.85. The summed E-state index contributed by atoms with van der Waals surface area (Å²) in [6.07, 6.45) is 0. The van der Waals surface area contributed by atoms with E-state index in [-0.39, 0.29) is 24.7 Å². The molecule has 86 valence electrons. The van der Waals surface area contributed by atoms with Gasteiger partial charge in [0.2, 0.25) is 0 Å². The summed E-state index contributed by atoms with van der Waals surface area (Å²) < 4.78 is 30.8. The molecule has 0 aliphatic carbocycles. The van der Waals surface area contributed by atoms with Crippen LogP contribution in [-0.2, 0) is 0 Å². The largest absolute Gasteiger partial charge is 0.486 e. The number of benzene rings is 1. The second-order valence-corrected chi connectivity index (χ2v) is 3.67. The van der Waals surface area contributed by atoms with E-state index in [1.54, 1.807) is 13.8 Å². The summed E-state index contributed by atoms with van der Waals surface area (Å²) in [4.78, 5) is 0. The maximum atomic E-state index is 12.8. The zero-order chi connectivity index (χ0) is 10.8. The Morgan fingerprint density at radius 1 is 1.20 bits per heavy atom. The fourth-order valence-electron chi connectivity index (χ4n) is 0.948. The molecular formula is C10H14ClF2NO. The van der Waals surface area contributed by atoms with E-state index in [9.17, 15) is 8.78 Å². The van der Waals surface area contributed by atoms with Gasteiger partial charge in [-0.1, -0.05) is 0 Å². The first kappa shape index (κ1) is 14.1. The van der Waals surface area contributed by atoms with E-state index in [2.05, 4.69) is 0 Å². The van der Waals surface area contributed by atoms with Crippen LogP contribution in [0.2, 0.25) is 0 Å². The Hall–Kier alpha value is -0.870. The van der Waals surface area contributed by atoms with Crippen molar-refractivity contribution in [2.24, 2.45) is 5.73 Å². The van der Waals surface area contributed by atoms with E-state index in [0.29, 0.717) is 0 Å². The lowest BCUT2D eigenvalue weighted by atomic mass is 10.1. The van der Waals surface area contributed by atoms with Gasteiger partial charge in [-0.2, -0.15) is 0 Å². The monoisotopic (exact) mass is 237 g/mol. The van der Waals surface area contributed by atoms with Crippen LogP contribution in [0.3, 0.4) is 0 Å². The molecule has 0 aromatic heterocycles. The molecule has 0 heterocycles. The van der Waals surface area contributed by atoms with Crippen LogP contribution in [-0.4, -0.2) is 12.1 Å². The van der Waals surface area contributed by atoms with E-state index >= 15 is 0 Å². The lowest BCUT2D eigenvalue weighted by molar-refractivity contribution is 0.118. The Labute approximate surface area is 93.8 Å². The summed E-state index contributed by atoms with van der Waals surface area (Å²) in [7, 11) is 0. The SMILES string of the molecule is CC(C)(CN)Oc1cc(F)cc(F)c1.Cl. The van der Waals surface area contributed by atoms with Crippen molar-refractivity contribution in [3.63, 3.8) is 0 Å². The van der Waals surface area contributed by atoms with Crippen LogP contribution in [0.1, 0.15) is 13.8 Å². The quantitative estimate of drug-likeness (QED) is 0.877. The number of hydrogen-bond donors (Lipinski definition) is 1. The van der Waals surface area contributed by atoms with Gasteiger partial charge in [0.25, 0.3) is 0 Å². The zero-order valence-corrected chi connectivity index (χ0v) is 9.41. The smallest absolute Gasteiger partial charge is 0.129 e. The van der Waals surface area contributed by atoms with Gasteiger partial charge in [-0.05, 0) is 13.8 Å². The zero-order valence-electron chi connectivity index (χ0n) is 8.59. The van der Waals surface area contributed by atoms with E-state index in [0.717, 1.165) is 18.2 Å². The van der Waals surface area contributed by atoms with Crippen molar-refractivity contribution in [1.29, 1.82) is 0 Å². The van der Waals surface area contributed by atoms with Gasteiger partial charge in [-0.15, -0.1) is 12.4 Å². The number of hydrogen-bond acceptors (Lipinski definition) is 2. The van der Waals surface area contributed by atoms with Crippen LogP contribution in [0.25, 0.3) is 0 Å². The molecule has 0 saturated carbocycles. The van der Waals surface area contributed by atoms with Gasteiger partial charge in [0.05, 0.1) is 0 Å². The van der Waals surface area contributed by atoms with Crippen LogP contribution in [0.15, 0.2) is 18.2 Å². The molecule has 5 heteroatoms. The molecule has 0 atom stereocenters.